The highest BCUT2D eigenvalue weighted by Crippen LogP contribution is 2.16. The lowest BCUT2D eigenvalue weighted by Gasteiger charge is -2.06. The van der Waals surface area contributed by atoms with Gasteiger partial charge in [-0.05, 0) is 18.6 Å². The largest absolute Gasteiger partial charge is 0.489 e. The zero-order chi connectivity index (χ0) is 12.4. The molecule has 90 valence electrons. The third kappa shape index (κ3) is 2.07. The Kier molecular flexibility index (Phi) is 2.73. The number of ether oxygens (including phenoxy) is 1. The fraction of sp³-hybridized carbons (Fsp3) is 0.133. The van der Waals surface area contributed by atoms with Gasteiger partial charge in [0.25, 0.3) is 0 Å². The zero-order valence-electron chi connectivity index (χ0n) is 10.2. The molecular formula is C15H14N2O. The number of hydrogen-bond donors (Lipinski definition) is 0. The average molecular weight is 238 g/mol. The molecule has 2 heterocycles. The van der Waals surface area contributed by atoms with Gasteiger partial charge in [0, 0.05) is 24.2 Å². The van der Waals surface area contributed by atoms with Gasteiger partial charge in [0.15, 0.2) is 0 Å². The van der Waals surface area contributed by atoms with Crippen molar-refractivity contribution < 1.29 is 4.74 Å². The van der Waals surface area contributed by atoms with Crippen LogP contribution in [0.3, 0.4) is 0 Å². The fourth-order valence-electron chi connectivity index (χ4n) is 1.92. The molecule has 0 unspecified atom stereocenters. The summed E-state index contributed by atoms with van der Waals surface area (Å²) in [6.45, 7) is 2.61. The highest BCUT2D eigenvalue weighted by Gasteiger charge is 2.01. The highest BCUT2D eigenvalue weighted by molar-refractivity contribution is 5.45. The Balaban J connectivity index is 1.79. The molecule has 3 aromatic rings. The van der Waals surface area contributed by atoms with E-state index in [9.17, 15) is 0 Å². The third-order valence-corrected chi connectivity index (χ3v) is 2.92. The molecule has 0 atom stereocenters. The van der Waals surface area contributed by atoms with E-state index in [2.05, 4.69) is 17.1 Å². The molecule has 3 heteroatoms. The molecule has 3 rings (SSSR count). The summed E-state index contributed by atoms with van der Waals surface area (Å²) in [5.74, 6) is 0.844. The van der Waals surface area contributed by atoms with E-state index in [0.29, 0.717) is 6.61 Å². The first kappa shape index (κ1) is 10.8. The molecule has 1 aromatic carbocycles. The Morgan fingerprint density at radius 1 is 1.17 bits per heavy atom. The molecule has 0 spiro atoms. The van der Waals surface area contributed by atoms with Gasteiger partial charge in [-0.15, -0.1) is 0 Å². The van der Waals surface area contributed by atoms with Crippen molar-refractivity contribution in [1.29, 1.82) is 0 Å². The smallest absolute Gasteiger partial charge is 0.140 e. The van der Waals surface area contributed by atoms with Gasteiger partial charge in [-0.25, -0.2) is 4.98 Å². The van der Waals surface area contributed by atoms with Crippen LogP contribution in [0.2, 0.25) is 0 Å². The maximum Gasteiger partial charge on any atom is 0.140 e. The minimum absolute atomic E-state index is 0.580. The lowest BCUT2D eigenvalue weighted by molar-refractivity contribution is 0.306. The molecule has 18 heavy (non-hydrogen) atoms. The van der Waals surface area contributed by atoms with E-state index in [4.69, 9.17) is 4.74 Å². The number of nitrogens with zero attached hydrogens (tertiary/aromatic N) is 2. The number of fused-ring (bicyclic) bond motifs is 1. The van der Waals surface area contributed by atoms with Crippen LogP contribution in [-0.4, -0.2) is 9.38 Å². The molecule has 0 bridgehead atoms. The quantitative estimate of drug-likeness (QED) is 0.700. The number of hydrogen-bond acceptors (Lipinski definition) is 2. The lowest BCUT2D eigenvalue weighted by Crippen LogP contribution is -1.96. The Morgan fingerprint density at radius 2 is 2.00 bits per heavy atom. The molecule has 3 nitrogen and oxygen atoms in total. The van der Waals surface area contributed by atoms with Crippen molar-refractivity contribution in [3.8, 4) is 5.75 Å². The second-order valence-electron chi connectivity index (χ2n) is 4.26. The molecule has 0 fully saturated rings. The van der Waals surface area contributed by atoms with Crippen molar-refractivity contribution in [2.24, 2.45) is 0 Å². The Labute approximate surface area is 106 Å². The van der Waals surface area contributed by atoms with Crippen LogP contribution in [0, 0.1) is 6.92 Å². The van der Waals surface area contributed by atoms with Crippen molar-refractivity contribution in [1.82, 2.24) is 9.38 Å². The summed E-state index contributed by atoms with van der Waals surface area (Å²) < 4.78 is 7.79. The van der Waals surface area contributed by atoms with Crippen LogP contribution in [0.4, 0.5) is 0 Å². The number of rotatable bonds is 3. The first-order valence-electron chi connectivity index (χ1n) is 5.93. The number of pyridine rings is 1. The van der Waals surface area contributed by atoms with Gasteiger partial charge in [-0.3, -0.25) is 0 Å². The molecular weight excluding hydrogens is 224 g/mol. The minimum Gasteiger partial charge on any atom is -0.489 e. The van der Waals surface area contributed by atoms with Gasteiger partial charge < -0.3 is 9.14 Å². The standard InChI is InChI=1S/C15H14N2O/c1-12-10-16-15-9-14(7-8-17(12)15)18-11-13-5-3-2-4-6-13/h2-10H,11H2,1H3. The first-order chi connectivity index (χ1) is 8.83. The SMILES string of the molecule is Cc1cnc2cc(OCc3ccccc3)ccn12. The lowest BCUT2D eigenvalue weighted by atomic mass is 10.2. The second-order valence-corrected chi connectivity index (χ2v) is 4.26. The highest BCUT2D eigenvalue weighted by atomic mass is 16.5. The van der Waals surface area contributed by atoms with Crippen LogP contribution in [0.25, 0.3) is 5.65 Å². The fourth-order valence-corrected chi connectivity index (χ4v) is 1.92. The second kappa shape index (κ2) is 4.53. The summed E-state index contributed by atoms with van der Waals surface area (Å²) in [6.07, 6.45) is 3.84. The van der Waals surface area contributed by atoms with E-state index in [0.717, 1.165) is 22.7 Å². The van der Waals surface area contributed by atoms with E-state index >= 15 is 0 Å². The predicted octanol–water partition coefficient (Wildman–Crippen LogP) is 3.22. The van der Waals surface area contributed by atoms with Crippen LogP contribution < -0.4 is 4.74 Å². The Hall–Kier alpha value is -2.29. The zero-order valence-corrected chi connectivity index (χ0v) is 10.2. The molecule has 2 aromatic heterocycles. The predicted molar refractivity (Wildman–Crippen MR) is 70.7 cm³/mol. The summed E-state index contributed by atoms with van der Waals surface area (Å²) in [6, 6.07) is 14.1. The summed E-state index contributed by atoms with van der Waals surface area (Å²) in [5, 5.41) is 0. The first-order valence-corrected chi connectivity index (χ1v) is 5.93. The molecule has 0 N–H and O–H groups in total. The summed E-state index contributed by atoms with van der Waals surface area (Å²) in [4.78, 5) is 4.32. The monoisotopic (exact) mass is 238 g/mol. The van der Waals surface area contributed by atoms with Crippen molar-refractivity contribution in [3.63, 3.8) is 0 Å². The molecule has 0 radical (unpaired) electrons. The summed E-state index contributed by atoms with van der Waals surface area (Å²) >= 11 is 0. The Morgan fingerprint density at radius 3 is 2.83 bits per heavy atom. The van der Waals surface area contributed by atoms with Gasteiger partial charge in [-0.1, -0.05) is 30.3 Å². The van der Waals surface area contributed by atoms with Crippen molar-refractivity contribution >= 4 is 5.65 Å². The van der Waals surface area contributed by atoms with E-state index in [-0.39, 0.29) is 0 Å². The molecule has 0 aliphatic carbocycles. The van der Waals surface area contributed by atoms with Gasteiger partial charge >= 0.3 is 0 Å². The van der Waals surface area contributed by atoms with Gasteiger partial charge in [0.05, 0.1) is 0 Å². The van der Waals surface area contributed by atoms with Gasteiger partial charge in [0.2, 0.25) is 0 Å². The average Bonchev–Trinajstić information content (AvgIpc) is 2.79. The van der Waals surface area contributed by atoms with Crippen molar-refractivity contribution in [2.75, 3.05) is 0 Å². The van der Waals surface area contributed by atoms with E-state index in [1.807, 2.05) is 54.0 Å². The topological polar surface area (TPSA) is 26.5 Å². The van der Waals surface area contributed by atoms with Crippen molar-refractivity contribution in [3.05, 3.63) is 66.1 Å². The Bertz CT molecular complexity index is 659. The van der Waals surface area contributed by atoms with Crippen LogP contribution in [0.5, 0.6) is 5.75 Å². The maximum atomic E-state index is 5.76. The number of aromatic nitrogens is 2. The number of benzene rings is 1. The summed E-state index contributed by atoms with van der Waals surface area (Å²) in [7, 11) is 0. The molecule has 0 aliphatic rings. The van der Waals surface area contributed by atoms with Crippen LogP contribution in [0.1, 0.15) is 11.3 Å². The van der Waals surface area contributed by atoms with E-state index < -0.39 is 0 Å². The van der Waals surface area contributed by atoms with Crippen LogP contribution >= 0.6 is 0 Å². The maximum absolute atomic E-state index is 5.76. The normalized spacial score (nSPS) is 10.7. The van der Waals surface area contributed by atoms with E-state index in [1.54, 1.807) is 0 Å². The summed E-state index contributed by atoms with van der Waals surface area (Å²) in [5.41, 5.74) is 3.20. The van der Waals surface area contributed by atoms with Gasteiger partial charge in [-0.2, -0.15) is 0 Å². The molecule has 0 saturated carbocycles. The third-order valence-electron chi connectivity index (χ3n) is 2.92. The molecule has 0 aliphatic heterocycles. The minimum atomic E-state index is 0.580. The molecule has 0 saturated heterocycles. The van der Waals surface area contributed by atoms with Gasteiger partial charge in [0.1, 0.15) is 18.0 Å². The van der Waals surface area contributed by atoms with Crippen LogP contribution in [0.15, 0.2) is 54.9 Å². The molecule has 0 amide bonds. The van der Waals surface area contributed by atoms with Crippen molar-refractivity contribution in [2.45, 2.75) is 13.5 Å². The number of imidazole rings is 1. The van der Waals surface area contributed by atoms with Crippen LogP contribution in [-0.2, 0) is 6.61 Å². The number of aryl methyl sites for hydroxylation is 1. The van der Waals surface area contributed by atoms with E-state index in [1.165, 1.54) is 0 Å².